The standard InChI is InChI=1S/C22H25N5O2/c1-4-9-17-19-20(26(3)25-17)22(28)24-21(23-19)16-14-15(10-11-18(16)29-5-2)27-12-7-6-8-13-27/h6-8,10-12,14H,4-5,9,13H2,1-3H3,(H,23,24,28). The minimum absolute atomic E-state index is 0.198. The highest BCUT2D eigenvalue weighted by molar-refractivity contribution is 5.80. The van der Waals surface area contributed by atoms with E-state index in [1.165, 1.54) is 0 Å². The maximum absolute atomic E-state index is 12.8. The molecule has 1 aliphatic rings. The van der Waals surface area contributed by atoms with E-state index in [2.05, 4.69) is 28.0 Å². The molecule has 3 aromatic rings. The molecule has 1 N–H and O–H groups in total. The van der Waals surface area contributed by atoms with Crippen LogP contribution in [0.4, 0.5) is 5.69 Å². The number of aryl methyl sites for hydroxylation is 2. The molecule has 0 spiro atoms. The van der Waals surface area contributed by atoms with E-state index in [-0.39, 0.29) is 5.56 Å². The van der Waals surface area contributed by atoms with Crippen molar-refractivity contribution in [2.45, 2.75) is 26.7 Å². The molecule has 0 radical (unpaired) electrons. The zero-order valence-electron chi connectivity index (χ0n) is 17.0. The Morgan fingerprint density at radius 2 is 2.10 bits per heavy atom. The van der Waals surface area contributed by atoms with Gasteiger partial charge in [-0.2, -0.15) is 5.10 Å². The summed E-state index contributed by atoms with van der Waals surface area (Å²) in [6, 6.07) is 5.95. The summed E-state index contributed by atoms with van der Waals surface area (Å²) in [5, 5.41) is 4.50. The molecule has 0 amide bonds. The summed E-state index contributed by atoms with van der Waals surface area (Å²) < 4.78 is 7.45. The van der Waals surface area contributed by atoms with Crippen LogP contribution >= 0.6 is 0 Å². The summed E-state index contributed by atoms with van der Waals surface area (Å²) in [7, 11) is 1.78. The third-order valence-corrected chi connectivity index (χ3v) is 4.91. The molecule has 0 aliphatic carbocycles. The van der Waals surface area contributed by atoms with Gasteiger partial charge in [0.15, 0.2) is 5.52 Å². The van der Waals surface area contributed by atoms with Crippen molar-refractivity contribution in [1.29, 1.82) is 0 Å². The summed E-state index contributed by atoms with van der Waals surface area (Å²) in [5.41, 5.74) is 3.56. The monoisotopic (exact) mass is 391 g/mol. The number of allylic oxidation sites excluding steroid dienone is 2. The highest BCUT2D eigenvalue weighted by atomic mass is 16.5. The number of rotatable bonds is 6. The lowest BCUT2D eigenvalue weighted by atomic mass is 10.1. The summed E-state index contributed by atoms with van der Waals surface area (Å²) in [4.78, 5) is 22.7. The minimum atomic E-state index is -0.198. The Morgan fingerprint density at radius 1 is 1.24 bits per heavy atom. The predicted molar refractivity (Wildman–Crippen MR) is 115 cm³/mol. The molecule has 3 heterocycles. The average molecular weight is 391 g/mol. The van der Waals surface area contributed by atoms with Gasteiger partial charge in [0.1, 0.15) is 17.1 Å². The summed E-state index contributed by atoms with van der Waals surface area (Å²) in [5.74, 6) is 1.19. The SMILES string of the molecule is CCCc1nn(C)c2c(=O)[nH]c(-c3cc(N4C=CC=CC4)ccc3OCC)nc12. The first-order valence-corrected chi connectivity index (χ1v) is 9.95. The number of hydrogen-bond acceptors (Lipinski definition) is 5. The summed E-state index contributed by atoms with van der Waals surface area (Å²) in [6.07, 6.45) is 9.85. The van der Waals surface area contributed by atoms with Gasteiger partial charge in [-0.3, -0.25) is 9.48 Å². The second-order valence-corrected chi connectivity index (χ2v) is 6.97. The zero-order valence-corrected chi connectivity index (χ0v) is 17.0. The Labute approximate surface area is 169 Å². The van der Waals surface area contributed by atoms with Crippen LogP contribution in [0.2, 0.25) is 0 Å². The largest absolute Gasteiger partial charge is 0.493 e. The first-order chi connectivity index (χ1) is 14.1. The van der Waals surface area contributed by atoms with Gasteiger partial charge in [0.05, 0.1) is 17.9 Å². The molecule has 7 nitrogen and oxygen atoms in total. The van der Waals surface area contributed by atoms with E-state index in [1.54, 1.807) is 11.7 Å². The van der Waals surface area contributed by atoms with Crippen molar-refractivity contribution < 1.29 is 4.74 Å². The number of ether oxygens (including phenoxy) is 1. The topological polar surface area (TPSA) is 76.0 Å². The molecule has 0 atom stereocenters. The van der Waals surface area contributed by atoms with Gasteiger partial charge in [-0.15, -0.1) is 0 Å². The molecule has 4 rings (SSSR count). The Kier molecular flexibility index (Phi) is 5.20. The van der Waals surface area contributed by atoms with Gasteiger partial charge in [0.25, 0.3) is 5.56 Å². The summed E-state index contributed by atoms with van der Waals surface area (Å²) >= 11 is 0. The molecule has 0 saturated heterocycles. The fourth-order valence-electron chi connectivity index (χ4n) is 3.60. The highest BCUT2D eigenvalue weighted by Crippen LogP contribution is 2.33. The molecule has 7 heteroatoms. The van der Waals surface area contributed by atoms with E-state index in [1.807, 2.05) is 43.5 Å². The Bertz CT molecular complexity index is 1160. The molecule has 0 unspecified atom stereocenters. The van der Waals surface area contributed by atoms with Crippen LogP contribution in [-0.2, 0) is 13.5 Å². The third kappa shape index (κ3) is 3.55. The van der Waals surface area contributed by atoms with Crippen molar-refractivity contribution in [3.05, 3.63) is 58.7 Å². The van der Waals surface area contributed by atoms with Crippen LogP contribution < -0.4 is 15.2 Å². The van der Waals surface area contributed by atoms with E-state index in [9.17, 15) is 4.79 Å². The van der Waals surface area contributed by atoms with Crippen LogP contribution in [0.1, 0.15) is 26.0 Å². The molecule has 0 bridgehead atoms. The number of aromatic amines is 1. The number of benzene rings is 1. The highest BCUT2D eigenvalue weighted by Gasteiger charge is 2.18. The summed E-state index contributed by atoms with van der Waals surface area (Å²) in [6.45, 7) is 5.34. The van der Waals surface area contributed by atoms with Gasteiger partial charge in [0.2, 0.25) is 0 Å². The first kappa shape index (κ1) is 19.0. The third-order valence-electron chi connectivity index (χ3n) is 4.91. The van der Waals surface area contributed by atoms with Crippen LogP contribution in [0.3, 0.4) is 0 Å². The van der Waals surface area contributed by atoms with E-state index < -0.39 is 0 Å². The Balaban J connectivity index is 1.89. The molecule has 0 fully saturated rings. The smallest absolute Gasteiger partial charge is 0.277 e. The molecule has 150 valence electrons. The number of fused-ring (bicyclic) bond motifs is 1. The lowest BCUT2D eigenvalue weighted by molar-refractivity contribution is 0.341. The molecular weight excluding hydrogens is 366 g/mol. The number of nitrogens with one attached hydrogen (secondary N) is 1. The van der Waals surface area contributed by atoms with Crippen molar-refractivity contribution in [2.75, 3.05) is 18.1 Å². The predicted octanol–water partition coefficient (Wildman–Crippen LogP) is 3.56. The van der Waals surface area contributed by atoms with Crippen molar-refractivity contribution >= 4 is 16.7 Å². The van der Waals surface area contributed by atoms with Crippen LogP contribution in [0.25, 0.3) is 22.4 Å². The van der Waals surface area contributed by atoms with Crippen molar-refractivity contribution in [2.24, 2.45) is 7.05 Å². The maximum Gasteiger partial charge on any atom is 0.277 e. The lowest BCUT2D eigenvalue weighted by Crippen LogP contribution is -2.17. The Morgan fingerprint density at radius 3 is 2.83 bits per heavy atom. The second kappa shape index (κ2) is 7.95. The molecule has 0 saturated carbocycles. The van der Waals surface area contributed by atoms with E-state index >= 15 is 0 Å². The average Bonchev–Trinajstić information content (AvgIpc) is 3.05. The first-order valence-electron chi connectivity index (χ1n) is 9.95. The maximum atomic E-state index is 12.8. The van der Waals surface area contributed by atoms with Gasteiger partial charge < -0.3 is 14.6 Å². The minimum Gasteiger partial charge on any atom is -0.493 e. The van der Waals surface area contributed by atoms with Crippen LogP contribution in [-0.4, -0.2) is 32.9 Å². The number of hydrogen-bond donors (Lipinski definition) is 1. The fraction of sp³-hybridized carbons (Fsp3) is 0.318. The van der Waals surface area contributed by atoms with Crippen LogP contribution in [0.15, 0.2) is 47.4 Å². The fourth-order valence-corrected chi connectivity index (χ4v) is 3.60. The lowest BCUT2D eigenvalue weighted by Gasteiger charge is -2.22. The Hall–Kier alpha value is -3.35. The number of nitrogens with zero attached hydrogens (tertiary/aromatic N) is 4. The molecule has 29 heavy (non-hydrogen) atoms. The van der Waals surface area contributed by atoms with Crippen molar-refractivity contribution in [3.8, 4) is 17.1 Å². The van der Waals surface area contributed by atoms with Gasteiger partial charge in [-0.1, -0.05) is 25.5 Å². The van der Waals surface area contributed by atoms with Crippen molar-refractivity contribution in [1.82, 2.24) is 19.7 Å². The molecular formula is C22H25N5O2. The van der Waals surface area contributed by atoms with E-state index in [0.717, 1.165) is 36.3 Å². The van der Waals surface area contributed by atoms with Crippen molar-refractivity contribution in [3.63, 3.8) is 0 Å². The number of anilines is 1. The van der Waals surface area contributed by atoms with Gasteiger partial charge in [0, 0.05) is 25.5 Å². The van der Waals surface area contributed by atoms with Gasteiger partial charge in [-0.05, 0) is 37.6 Å². The quantitative estimate of drug-likeness (QED) is 0.695. The van der Waals surface area contributed by atoms with Gasteiger partial charge in [-0.25, -0.2) is 4.98 Å². The van der Waals surface area contributed by atoms with Crippen LogP contribution in [0.5, 0.6) is 5.75 Å². The van der Waals surface area contributed by atoms with E-state index in [4.69, 9.17) is 9.72 Å². The molecule has 1 aliphatic heterocycles. The van der Waals surface area contributed by atoms with Crippen LogP contribution in [0, 0.1) is 0 Å². The molecule has 2 aromatic heterocycles. The van der Waals surface area contributed by atoms with E-state index in [0.29, 0.717) is 29.2 Å². The number of H-pyrrole nitrogens is 1. The molecule has 1 aromatic carbocycles. The zero-order chi connectivity index (χ0) is 20.4. The van der Waals surface area contributed by atoms with Gasteiger partial charge >= 0.3 is 0 Å². The number of aromatic nitrogens is 4. The second-order valence-electron chi connectivity index (χ2n) is 6.97. The normalized spacial score (nSPS) is 13.4.